The lowest BCUT2D eigenvalue weighted by molar-refractivity contribution is -0.121. The third-order valence-corrected chi connectivity index (χ3v) is 4.41. The van der Waals surface area contributed by atoms with Gasteiger partial charge in [-0.15, -0.1) is 0 Å². The number of rotatable bonds is 4. The van der Waals surface area contributed by atoms with Crippen LogP contribution >= 0.6 is 0 Å². The Morgan fingerprint density at radius 1 is 1.18 bits per heavy atom. The molecular weight excluding hydrogens is 280 g/mol. The fraction of sp³-hybridized carbons (Fsp3) is 0.529. The van der Waals surface area contributed by atoms with Gasteiger partial charge in [0.2, 0.25) is 5.91 Å². The molecule has 1 N–H and O–H groups in total. The second kappa shape index (κ2) is 7.94. The zero-order valence-corrected chi connectivity index (χ0v) is 13.2. The van der Waals surface area contributed by atoms with Crippen molar-refractivity contribution in [2.24, 2.45) is 0 Å². The molecule has 0 unspecified atom stereocenters. The maximum atomic E-state index is 11.7. The summed E-state index contributed by atoms with van der Waals surface area (Å²) in [5.74, 6) is 0.300. The molecule has 2 amide bonds. The number of likely N-dealkylation sites (N-methyl/N-ethyl adjacent to an activating group) is 1. The predicted molar refractivity (Wildman–Crippen MR) is 84.6 cm³/mol. The highest BCUT2D eigenvalue weighted by Gasteiger charge is 2.26. The highest BCUT2D eigenvalue weighted by atomic mass is 16.5. The third-order valence-electron chi connectivity index (χ3n) is 4.41. The summed E-state index contributed by atoms with van der Waals surface area (Å²) in [4.78, 5) is 24.7. The van der Waals surface area contributed by atoms with E-state index in [0.29, 0.717) is 12.0 Å². The first kappa shape index (κ1) is 16.5. The summed E-state index contributed by atoms with van der Waals surface area (Å²) in [6.07, 6.45) is 3.71. The number of imide groups is 1. The Morgan fingerprint density at radius 3 is 2.41 bits per heavy atom. The smallest absolute Gasteiger partial charge is 0.413 e. The highest BCUT2D eigenvalue weighted by molar-refractivity contribution is 5.92. The number of hydrogen-bond donors (Lipinski definition) is 1. The van der Waals surface area contributed by atoms with Gasteiger partial charge in [0.05, 0.1) is 13.7 Å². The molecule has 0 aromatic heterocycles. The molecule has 22 heavy (non-hydrogen) atoms. The van der Waals surface area contributed by atoms with Gasteiger partial charge in [0.15, 0.2) is 0 Å². The number of amides is 2. The number of carbonyl (C=O) groups is 2. The molecule has 0 saturated heterocycles. The molecule has 0 heterocycles. The molecule has 5 heteroatoms. The largest absolute Gasteiger partial charge is 0.453 e. The minimum atomic E-state index is -0.703. The van der Waals surface area contributed by atoms with Gasteiger partial charge in [-0.05, 0) is 44.2 Å². The number of nitrogens with one attached hydrogen (secondary N) is 1. The van der Waals surface area contributed by atoms with Crippen molar-refractivity contribution in [1.82, 2.24) is 10.2 Å². The number of nitrogens with zero attached hydrogens (tertiary/aromatic N) is 1. The van der Waals surface area contributed by atoms with E-state index in [1.807, 2.05) is 18.0 Å². The van der Waals surface area contributed by atoms with Crippen LogP contribution in [0.15, 0.2) is 30.3 Å². The number of ether oxygens (including phenoxy) is 1. The molecule has 5 nitrogen and oxygen atoms in total. The van der Waals surface area contributed by atoms with Gasteiger partial charge in [-0.25, -0.2) is 4.79 Å². The van der Waals surface area contributed by atoms with E-state index in [1.165, 1.54) is 12.7 Å². The Morgan fingerprint density at radius 2 is 1.82 bits per heavy atom. The molecule has 0 radical (unpaired) electrons. The number of hydrogen-bond acceptors (Lipinski definition) is 4. The van der Waals surface area contributed by atoms with Crippen LogP contribution in [-0.2, 0) is 9.53 Å². The lowest BCUT2D eigenvalue weighted by Gasteiger charge is -2.34. The summed E-state index contributed by atoms with van der Waals surface area (Å²) in [7, 11) is 3.18. The summed E-state index contributed by atoms with van der Waals surface area (Å²) >= 11 is 0. The number of benzene rings is 1. The Hall–Kier alpha value is -1.88. The van der Waals surface area contributed by atoms with Crippen LogP contribution in [0.2, 0.25) is 0 Å². The number of carbonyl (C=O) groups excluding carboxylic acids is 2. The average Bonchev–Trinajstić information content (AvgIpc) is 2.55. The minimum Gasteiger partial charge on any atom is -0.453 e. The SMILES string of the molecule is COC(=O)NC(=O)CN(C)C1CCC(c2ccccc2)CC1. The van der Waals surface area contributed by atoms with E-state index >= 15 is 0 Å². The lowest BCUT2D eigenvalue weighted by atomic mass is 9.81. The van der Waals surface area contributed by atoms with Crippen molar-refractivity contribution in [3.8, 4) is 0 Å². The highest BCUT2D eigenvalue weighted by Crippen LogP contribution is 2.34. The molecule has 2 rings (SSSR count). The Balaban J connectivity index is 1.78. The molecule has 1 aromatic carbocycles. The van der Waals surface area contributed by atoms with Crippen LogP contribution in [0.1, 0.15) is 37.2 Å². The first-order valence-electron chi connectivity index (χ1n) is 7.73. The van der Waals surface area contributed by atoms with E-state index in [0.717, 1.165) is 25.7 Å². The van der Waals surface area contributed by atoms with Crippen molar-refractivity contribution < 1.29 is 14.3 Å². The first-order valence-corrected chi connectivity index (χ1v) is 7.73. The molecule has 0 bridgehead atoms. The van der Waals surface area contributed by atoms with Crippen molar-refractivity contribution in [3.63, 3.8) is 0 Å². The van der Waals surface area contributed by atoms with Crippen LogP contribution in [0, 0.1) is 0 Å². The van der Waals surface area contributed by atoms with Gasteiger partial charge >= 0.3 is 6.09 Å². The van der Waals surface area contributed by atoms with Crippen molar-refractivity contribution in [2.75, 3.05) is 20.7 Å². The number of methoxy groups -OCH3 is 1. The molecule has 1 saturated carbocycles. The van der Waals surface area contributed by atoms with Crippen LogP contribution in [-0.4, -0.2) is 43.6 Å². The van der Waals surface area contributed by atoms with Crippen molar-refractivity contribution in [1.29, 1.82) is 0 Å². The monoisotopic (exact) mass is 304 g/mol. The summed E-state index contributed by atoms with van der Waals surface area (Å²) in [6, 6.07) is 11.0. The van der Waals surface area contributed by atoms with Crippen molar-refractivity contribution in [3.05, 3.63) is 35.9 Å². The van der Waals surface area contributed by atoms with E-state index in [2.05, 4.69) is 34.3 Å². The van der Waals surface area contributed by atoms with Crippen LogP contribution < -0.4 is 5.32 Å². The summed E-state index contributed by atoms with van der Waals surface area (Å²) in [5, 5.41) is 2.19. The fourth-order valence-electron chi connectivity index (χ4n) is 3.14. The maximum Gasteiger partial charge on any atom is 0.413 e. The zero-order valence-electron chi connectivity index (χ0n) is 13.2. The third kappa shape index (κ3) is 4.56. The molecule has 1 aliphatic rings. The summed E-state index contributed by atoms with van der Waals surface area (Å²) in [5.41, 5.74) is 1.41. The van der Waals surface area contributed by atoms with E-state index in [1.54, 1.807) is 0 Å². The number of alkyl carbamates (subject to hydrolysis) is 1. The molecule has 1 aliphatic carbocycles. The van der Waals surface area contributed by atoms with E-state index in [-0.39, 0.29) is 12.5 Å². The Kier molecular flexibility index (Phi) is 5.95. The molecular formula is C17H24N2O3. The van der Waals surface area contributed by atoms with E-state index in [4.69, 9.17) is 0 Å². The Labute approximate surface area is 131 Å². The van der Waals surface area contributed by atoms with Crippen molar-refractivity contribution in [2.45, 2.75) is 37.6 Å². The normalized spacial score (nSPS) is 21.4. The first-order chi connectivity index (χ1) is 10.6. The molecule has 0 aliphatic heterocycles. The van der Waals surface area contributed by atoms with E-state index < -0.39 is 6.09 Å². The van der Waals surface area contributed by atoms with Gasteiger partial charge in [-0.2, -0.15) is 0 Å². The van der Waals surface area contributed by atoms with E-state index in [9.17, 15) is 9.59 Å². The second-order valence-electron chi connectivity index (χ2n) is 5.87. The van der Waals surface area contributed by atoms with Crippen LogP contribution in [0.4, 0.5) is 4.79 Å². The summed E-state index contributed by atoms with van der Waals surface area (Å²) < 4.78 is 4.42. The molecule has 120 valence electrons. The van der Waals surface area contributed by atoms with Gasteiger partial charge in [-0.3, -0.25) is 15.0 Å². The maximum absolute atomic E-state index is 11.7. The predicted octanol–water partition coefficient (Wildman–Crippen LogP) is 2.53. The second-order valence-corrected chi connectivity index (χ2v) is 5.87. The molecule has 0 spiro atoms. The standard InChI is InChI=1S/C17H24N2O3/c1-19(12-16(20)18-17(21)22-2)15-10-8-14(9-11-15)13-6-4-3-5-7-13/h3-7,14-15H,8-12H2,1-2H3,(H,18,20,21). The quantitative estimate of drug-likeness (QED) is 0.928. The minimum absolute atomic E-state index is 0.218. The lowest BCUT2D eigenvalue weighted by Crippen LogP contribution is -2.43. The summed E-state index contributed by atoms with van der Waals surface area (Å²) in [6.45, 7) is 0.218. The Bertz CT molecular complexity index is 496. The van der Waals surface area contributed by atoms with Crippen LogP contribution in [0.25, 0.3) is 0 Å². The molecule has 0 atom stereocenters. The van der Waals surface area contributed by atoms with Gasteiger partial charge in [0, 0.05) is 6.04 Å². The molecule has 1 aromatic rings. The van der Waals surface area contributed by atoms with Gasteiger partial charge < -0.3 is 4.74 Å². The van der Waals surface area contributed by atoms with Crippen LogP contribution in [0.5, 0.6) is 0 Å². The van der Waals surface area contributed by atoms with Gasteiger partial charge in [-0.1, -0.05) is 30.3 Å². The topological polar surface area (TPSA) is 58.6 Å². The van der Waals surface area contributed by atoms with Crippen molar-refractivity contribution >= 4 is 12.0 Å². The average molecular weight is 304 g/mol. The fourth-order valence-corrected chi connectivity index (χ4v) is 3.14. The van der Waals surface area contributed by atoms with Gasteiger partial charge in [0.25, 0.3) is 0 Å². The van der Waals surface area contributed by atoms with Gasteiger partial charge in [0.1, 0.15) is 0 Å². The molecule has 1 fully saturated rings. The zero-order chi connectivity index (χ0) is 15.9. The van der Waals surface area contributed by atoms with Crippen LogP contribution in [0.3, 0.4) is 0 Å².